The number of thioether (sulfide) groups is 1. The summed E-state index contributed by atoms with van der Waals surface area (Å²) in [6, 6.07) is 10.8. The number of hydrogen-bond donors (Lipinski definition) is 2. The highest BCUT2D eigenvalue weighted by Crippen LogP contribution is 2.17. The van der Waals surface area contributed by atoms with Gasteiger partial charge in [0, 0.05) is 17.3 Å². The third kappa shape index (κ3) is 5.79. The second kappa shape index (κ2) is 6.98. The van der Waals surface area contributed by atoms with Crippen LogP contribution in [0.2, 0.25) is 0 Å². The first-order chi connectivity index (χ1) is 9.92. The Kier molecular flexibility index (Phi) is 5.28. The molecular formula is C16H23N3OS. The zero-order chi connectivity index (χ0) is 15.3. The number of carbonyl (C=O) groups excluding carboxylic acids is 1. The topological polar surface area (TPSA) is 53.5 Å². The van der Waals surface area contributed by atoms with Crippen molar-refractivity contribution in [3.8, 4) is 0 Å². The zero-order valence-corrected chi connectivity index (χ0v) is 13.7. The van der Waals surface area contributed by atoms with Crippen molar-refractivity contribution in [2.45, 2.75) is 38.8 Å². The van der Waals surface area contributed by atoms with Crippen molar-refractivity contribution >= 4 is 22.8 Å². The molecule has 0 aromatic heterocycles. The van der Waals surface area contributed by atoms with Crippen molar-refractivity contribution in [3.05, 3.63) is 35.9 Å². The number of rotatable bonds is 4. The Balaban J connectivity index is 1.79. The van der Waals surface area contributed by atoms with Crippen molar-refractivity contribution in [2.75, 3.05) is 12.3 Å². The van der Waals surface area contributed by atoms with Crippen LogP contribution in [0.4, 0.5) is 0 Å². The lowest BCUT2D eigenvalue weighted by Gasteiger charge is -2.19. The molecule has 1 atom stereocenters. The summed E-state index contributed by atoms with van der Waals surface area (Å²) in [5.74, 6) is 0.957. The Morgan fingerprint density at radius 3 is 2.76 bits per heavy atom. The molecule has 0 bridgehead atoms. The van der Waals surface area contributed by atoms with Gasteiger partial charge in [0.1, 0.15) is 6.54 Å². The van der Waals surface area contributed by atoms with Gasteiger partial charge >= 0.3 is 0 Å². The molecule has 2 rings (SSSR count). The van der Waals surface area contributed by atoms with E-state index in [-0.39, 0.29) is 18.0 Å². The molecule has 5 heteroatoms. The fraction of sp³-hybridized carbons (Fsp3) is 0.500. The summed E-state index contributed by atoms with van der Waals surface area (Å²) < 4.78 is 0. The van der Waals surface area contributed by atoms with E-state index in [1.165, 1.54) is 5.56 Å². The molecule has 0 radical (unpaired) electrons. The lowest BCUT2D eigenvalue weighted by molar-refractivity contribution is -0.121. The SMILES string of the molecule is CC(C)(C)NC(=O)CN=C1NC(Cc2ccccc2)CS1. The van der Waals surface area contributed by atoms with Gasteiger partial charge in [-0.2, -0.15) is 0 Å². The summed E-state index contributed by atoms with van der Waals surface area (Å²) in [4.78, 5) is 16.1. The van der Waals surface area contributed by atoms with Gasteiger partial charge < -0.3 is 10.6 Å². The van der Waals surface area contributed by atoms with Gasteiger partial charge in [-0.15, -0.1) is 0 Å². The summed E-state index contributed by atoms with van der Waals surface area (Å²) in [6.45, 7) is 6.09. The molecule has 114 valence electrons. The predicted octanol–water partition coefficient (Wildman–Crippen LogP) is 2.20. The average molecular weight is 305 g/mol. The van der Waals surface area contributed by atoms with Gasteiger partial charge in [-0.25, -0.2) is 0 Å². The highest BCUT2D eigenvalue weighted by Gasteiger charge is 2.21. The van der Waals surface area contributed by atoms with Crippen LogP contribution in [0.3, 0.4) is 0 Å². The minimum atomic E-state index is -0.205. The Hall–Kier alpha value is -1.49. The molecule has 21 heavy (non-hydrogen) atoms. The lowest BCUT2D eigenvalue weighted by atomic mass is 10.1. The van der Waals surface area contributed by atoms with E-state index < -0.39 is 0 Å². The number of aliphatic imine (C=N–C) groups is 1. The first-order valence-electron chi connectivity index (χ1n) is 7.21. The number of amidine groups is 1. The number of carbonyl (C=O) groups is 1. The number of benzene rings is 1. The normalized spacial score (nSPS) is 20.3. The van der Waals surface area contributed by atoms with Gasteiger partial charge in [-0.1, -0.05) is 42.1 Å². The Morgan fingerprint density at radius 1 is 1.38 bits per heavy atom. The monoisotopic (exact) mass is 305 g/mol. The summed E-state index contributed by atoms with van der Waals surface area (Å²) >= 11 is 1.69. The van der Waals surface area contributed by atoms with Crippen molar-refractivity contribution in [3.63, 3.8) is 0 Å². The van der Waals surface area contributed by atoms with Gasteiger partial charge in [0.2, 0.25) is 5.91 Å². The molecule has 1 aliphatic rings. The van der Waals surface area contributed by atoms with E-state index in [4.69, 9.17) is 0 Å². The van der Waals surface area contributed by atoms with Crippen molar-refractivity contribution in [1.29, 1.82) is 0 Å². The molecule has 1 saturated heterocycles. The smallest absolute Gasteiger partial charge is 0.242 e. The Bertz CT molecular complexity index is 508. The van der Waals surface area contributed by atoms with Gasteiger partial charge in [0.25, 0.3) is 0 Å². The molecule has 1 unspecified atom stereocenters. The standard InChI is InChI=1S/C16H23N3OS/c1-16(2,3)19-14(20)10-17-15-18-13(11-21-15)9-12-7-5-4-6-8-12/h4-8,13H,9-11H2,1-3H3,(H,17,18)(H,19,20). The molecule has 0 spiro atoms. The number of hydrogen-bond acceptors (Lipinski definition) is 3. The molecule has 0 aliphatic carbocycles. The zero-order valence-electron chi connectivity index (χ0n) is 12.8. The van der Waals surface area contributed by atoms with Crippen molar-refractivity contribution in [2.24, 2.45) is 4.99 Å². The van der Waals surface area contributed by atoms with Gasteiger partial charge in [0.05, 0.1) is 0 Å². The largest absolute Gasteiger partial charge is 0.361 e. The van der Waals surface area contributed by atoms with E-state index in [1.54, 1.807) is 11.8 Å². The van der Waals surface area contributed by atoms with Crippen LogP contribution < -0.4 is 10.6 Å². The van der Waals surface area contributed by atoms with Crippen LogP contribution in [0.25, 0.3) is 0 Å². The van der Waals surface area contributed by atoms with Crippen LogP contribution in [0.5, 0.6) is 0 Å². The molecule has 1 heterocycles. The van der Waals surface area contributed by atoms with Crippen LogP contribution >= 0.6 is 11.8 Å². The number of amides is 1. The van der Waals surface area contributed by atoms with Crippen molar-refractivity contribution < 1.29 is 4.79 Å². The van der Waals surface area contributed by atoms with E-state index in [1.807, 2.05) is 26.8 Å². The third-order valence-corrected chi connectivity index (χ3v) is 4.04. The molecular weight excluding hydrogens is 282 g/mol. The molecule has 1 fully saturated rings. The van der Waals surface area contributed by atoms with E-state index in [0.29, 0.717) is 6.04 Å². The number of nitrogens with zero attached hydrogens (tertiary/aromatic N) is 1. The molecule has 2 N–H and O–H groups in total. The molecule has 1 aromatic rings. The molecule has 4 nitrogen and oxygen atoms in total. The highest BCUT2D eigenvalue weighted by atomic mass is 32.2. The Labute approximate surface area is 130 Å². The molecule has 1 amide bonds. The van der Waals surface area contributed by atoms with E-state index in [2.05, 4.69) is 39.9 Å². The fourth-order valence-corrected chi connectivity index (χ4v) is 3.10. The quantitative estimate of drug-likeness (QED) is 0.897. The minimum Gasteiger partial charge on any atom is -0.361 e. The van der Waals surface area contributed by atoms with E-state index in [9.17, 15) is 4.79 Å². The van der Waals surface area contributed by atoms with Crippen LogP contribution in [0, 0.1) is 0 Å². The molecule has 0 saturated carbocycles. The fourth-order valence-electron chi connectivity index (χ4n) is 2.14. The van der Waals surface area contributed by atoms with Crippen LogP contribution in [0.15, 0.2) is 35.3 Å². The second-order valence-electron chi connectivity index (χ2n) is 6.26. The summed E-state index contributed by atoms with van der Waals surface area (Å²) in [6.07, 6.45) is 0.987. The number of nitrogens with one attached hydrogen (secondary N) is 2. The van der Waals surface area contributed by atoms with E-state index >= 15 is 0 Å². The summed E-state index contributed by atoms with van der Waals surface area (Å²) in [5, 5.41) is 7.18. The van der Waals surface area contributed by atoms with Crippen molar-refractivity contribution in [1.82, 2.24) is 10.6 Å². The minimum absolute atomic E-state index is 0.0380. The average Bonchev–Trinajstić information content (AvgIpc) is 2.83. The molecule has 1 aromatic carbocycles. The maximum atomic E-state index is 11.7. The predicted molar refractivity (Wildman–Crippen MR) is 89.7 cm³/mol. The second-order valence-corrected chi connectivity index (χ2v) is 7.27. The van der Waals surface area contributed by atoms with Crippen LogP contribution in [-0.4, -0.2) is 35.0 Å². The maximum Gasteiger partial charge on any atom is 0.242 e. The van der Waals surface area contributed by atoms with Gasteiger partial charge in [0.15, 0.2) is 5.17 Å². The first kappa shape index (κ1) is 15.9. The Morgan fingerprint density at radius 2 is 2.10 bits per heavy atom. The van der Waals surface area contributed by atoms with E-state index in [0.717, 1.165) is 17.3 Å². The summed E-state index contributed by atoms with van der Waals surface area (Å²) in [5.41, 5.74) is 1.12. The van der Waals surface area contributed by atoms with Gasteiger partial charge in [-0.3, -0.25) is 9.79 Å². The lowest BCUT2D eigenvalue weighted by Crippen LogP contribution is -2.42. The summed E-state index contributed by atoms with van der Waals surface area (Å²) in [7, 11) is 0. The van der Waals surface area contributed by atoms with Gasteiger partial charge in [-0.05, 0) is 32.8 Å². The van der Waals surface area contributed by atoms with Crippen LogP contribution in [0.1, 0.15) is 26.3 Å². The first-order valence-corrected chi connectivity index (χ1v) is 8.20. The van der Waals surface area contributed by atoms with Crippen LogP contribution in [-0.2, 0) is 11.2 Å². The molecule has 1 aliphatic heterocycles. The highest BCUT2D eigenvalue weighted by molar-refractivity contribution is 8.14. The maximum absolute atomic E-state index is 11.7. The third-order valence-electron chi connectivity index (χ3n) is 2.95.